The second kappa shape index (κ2) is 5.20. The van der Waals surface area contributed by atoms with Gasteiger partial charge in [-0.1, -0.05) is 12.1 Å². The van der Waals surface area contributed by atoms with Crippen LogP contribution in [0.4, 0.5) is 0 Å². The number of ether oxygens (including phenoxy) is 1. The van der Waals surface area contributed by atoms with E-state index in [1.54, 1.807) is 7.11 Å². The van der Waals surface area contributed by atoms with Crippen LogP contribution < -0.4 is 10.1 Å². The van der Waals surface area contributed by atoms with Gasteiger partial charge in [0.25, 0.3) is 0 Å². The number of aromatic hydroxyl groups is 1. The molecule has 5 rings (SSSR count). The molecule has 4 saturated carbocycles. The Labute approximate surface area is 126 Å². The molecule has 4 aliphatic rings. The third kappa shape index (κ3) is 2.32. The molecule has 0 spiro atoms. The van der Waals surface area contributed by atoms with E-state index in [0.29, 0.717) is 11.8 Å². The molecule has 0 amide bonds. The van der Waals surface area contributed by atoms with Gasteiger partial charge >= 0.3 is 0 Å². The fraction of sp³-hybridized carbons (Fsp3) is 0.667. The summed E-state index contributed by atoms with van der Waals surface area (Å²) in [7, 11) is 1.60. The van der Waals surface area contributed by atoms with Crippen LogP contribution in [0.5, 0.6) is 11.5 Å². The molecule has 0 aromatic heterocycles. The first-order valence-electron chi connectivity index (χ1n) is 8.32. The van der Waals surface area contributed by atoms with E-state index < -0.39 is 0 Å². The Kier molecular flexibility index (Phi) is 3.33. The zero-order valence-electron chi connectivity index (χ0n) is 12.7. The van der Waals surface area contributed by atoms with Crippen molar-refractivity contribution < 1.29 is 9.84 Å². The molecule has 0 atom stereocenters. The molecule has 1 aromatic carbocycles. The van der Waals surface area contributed by atoms with Gasteiger partial charge in [0.15, 0.2) is 11.5 Å². The molecule has 4 fully saturated rings. The monoisotopic (exact) mass is 287 g/mol. The predicted octanol–water partition coefficient (Wildman–Crippen LogP) is 3.32. The van der Waals surface area contributed by atoms with Crippen LogP contribution in [0, 0.1) is 23.7 Å². The highest BCUT2D eigenvalue weighted by atomic mass is 16.5. The van der Waals surface area contributed by atoms with Crippen molar-refractivity contribution in [3.8, 4) is 11.5 Å². The van der Waals surface area contributed by atoms with Crippen molar-refractivity contribution in [2.45, 2.75) is 44.7 Å². The number of phenols is 1. The fourth-order valence-electron chi connectivity index (χ4n) is 5.36. The first-order valence-corrected chi connectivity index (χ1v) is 8.32. The van der Waals surface area contributed by atoms with Crippen molar-refractivity contribution >= 4 is 0 Å². The van der Waals surface area contributed by atoms with E-state index in [-0.39, 0.29) is 5.75 Å². The van der Waals surface area contributed by atoms with Crippen LogP contribution >= 0.6 is 0 Å². The van der Waals surface area contributed by atoms with Crippen molar-refractivity contribution in [2.24, 2.45) is 23.7 Å². The zero-order valence-corrected chi connectivity index (χ0v) is 12.7. The topological polar surface area (TPSA) is 41.5 Å². The summed E-state index contributed by atoms with van der Waals surface area (Å²) in [5, 5.41) is 14.0. The Morgan fingerprint density at radius 1 is 1.10 bits per heavy atom. The summed E-state index contributed by atoms with van der Waals surface area (Å²) in [6, 6.07) is 6.40. The lowest BCUT2D eigenvalue weighted by atomic mass is 9.54. The number of benzene rings is 1. The number of para-hydroxylation sites is 1. The van der Waals surface area contributed by atoms with Crippen molar-refractivity contribution in [3.05, 3.63) is 23.8 Å². The van der Waals surface area contributed by atoms with Crippen molar-refractivity contribution in [1.82, 2.24) is 5.32 Å². The van der Waals surface area contributed by atoms with Crippen LogP contribution in [0.2, 0.25) is 0 Å². The molecule has 3 heteroatoms. The number of nitrogens with one attached hydrogen (secondary N) is 1. The van der Waals surface area contributed by atoms with E-state index in [9.17, 15) is 5.11 Å². The Morgan fingerprint density at radius 3 is 2.38 bits per heavy atom. The summed E-state index contributed by atoms with van der Waals surface area (Å²) >= 11 is 0. The molecule has 4 bridgehead atoms. The third-order valence-corrected chi connectivity index (χ3v) is 6.06. The summed E-state index contributed by atoms with van der Waals surface area (Å²) < 4.78 is 5.19. The van der Waals surface area contributed by atoms with Crippen LogP contribution in [0.1, 0.15) is 37.7 Å². The van der Waals surface area contributed by atoms with Gasteiger partial charge < -0.3 is 15.2 Å². The lowest BCUT2D eigenvalue weighted by molar-refractivity contribution is -0.0143. The fourth-order valence-corrected chi connectivity index (χ4v) is 5.36. The average Bonchev–Trinajstić information content (AvgIpc) is 2.47. The van der Waals surface area contributed by atoms with Crippen molar-refractivity contribution in [3.63, 3.8) is 0 Å². The number of phenolic OH excluding ortho intramolecular Hbond substituents is 1. The highest BCUT2D eigenvalue weighted by molar-refractivity contribution is 5.45. The molecule has 114 valence electrons. The van der Waals surface area contributed by atoms with E-state index in [1.807, 2.05) is 18.2 Å². The summed E-state index contributed by atoms with van der Waals surface area (Å²) in [4.78, 5) is 0. The molecule has 4 aliphatic carbocycles. The summed E-state index contributed by atoms with van der Waals surface area (Å²) in [6.45, 7) is 0.746. The second-order valence-corrected chi connectivity index (χ2v) is 7.31. The average molecular weight is 287 g/mol. The minimum Gasteiger partial charge on any atom is -0.504 e. The van der Waals surface area contributed by atoms with Gasteiger partial charge in [-0.15, -0.1) is 0 Å². The molecule has 21 heavy (non-hydrogen) atoms. The van der Waals surface area contributed by atoms with Crippen molar-refractivity contribution in [2.75, 3.05) is 7.11 Å². The molecule has 2 N–H and O–H groups in total. The Balaban J connectivity index is 1.45. The standard InChI is InChI=1S/C18H25NO2/c1-21-16-4-2-3-13(18(16)20)10-19-17-14-6-11-5-12(8-14)9-15(17)7-11/h2-4,11-12,14-15,17,19-20H,5-10H2,1H3. The zero-order chi connectivity index (χ0) is 14.4. The Hall–Kier alpha value is -1.22. The molecular formula is C18H25NO2. The van der Waals surface area contributed by atoms with Gasteiger partial charge in [-0.25, -0.2) is 0 Å². The van der Waals surface area contributed by atoms with E-state index in [0.717, 1.165) is 35.8 Å². The van der Waals surface area contributed by atoms with Gasteiger partial charge in [-0.3, -0.25) is 0 Å². The number of methoxy groups -OCH3 is 1. The number of rotatable bonds is 4. The third-order valence-electron chi connectivity index (χ3n) is 6.06. The molecule has 0 radical (unpaired) electrons. The van der Waals surface area contributed by atoms with Gasteiger partial charge in [0, 0.05) is 18.2 Å². The SMILES string of the molecule is COc1cccc(CNC2C3CC4CC(C3)CC2C4)c1O. The van der Waals surface area contributed by atoms with Gasteiger partial charge in [0.2, 0.25) is 0 Å². The first-order chi connectivity index (χ1) is 10.2. The minimum absolute atomic E-state index is 0.288. The van der Waals surface area contributed by atoms with Gasteiger partial charge in [0.05, 0.1) is 7.11 Å². The summed E-state index contributed by atoms with van der Waals surface area (Å²) in [5.41, 5.74) is 0.947. The highest BCUT2D eigenvalue weighted by Crippen LogP contribution is 2.53. The van der Waals surface area contributed by atoms with Crippen LogP contribution in [0.3, 0.4) is 0 Å². The lowest BCUT2D eigenvalue weighted by Crippen LogP contribution is -2.54. The van der Waals surface area contributed by atoms with E-state index in [4.69, 9.17) is 4.74 Å². The molecule has 1 aromatic rings. The molecular weight excluding hydrogens is 262 g/mol. The molecule has 0 heterocycles. The number of hydrogen-bond donors (Lipinski definition) is 2. The largest absolute Gasteiger partial charge is 0.504 e. The summed E-state index contributed by atoms with van der Waals surface area (Å²) in [6.07, 6.45) is 7.20. The smallest absolute Gasteiger partial charge is 0.162 e. The second-order valence-electron chi connectivity index (χ2n) is 7.31. The van der Waals surface area contributed by atoms with Crippen LogP contribution in [0.15, 0.2) is 18.2 Å². The normalized spacial score (nSPS) is 36.9. The van der Waals surface area contributed by atoms with E-state index in [2.05, 4.69) is 5.32 Å². The Morgan fingerprint density at radius 2 is 1.76 bits per heavy atom. The maximum atomic E-state index is 10.2. The molecule has 0 aliphatic heterocycles. The van der Waals surface area contributed by atoms with Gasteiger partial charge in [-0.05, 0) is 61.8 Å². The highest BCUT2D eigenvalue weighted by Gasteiger charge is 2.47. The molecule has 3 nitrogen and oxygen atoms in total. The maximum Gasteiger partial charge on any atom is 0.162 e. The lowest BCUT2D eigenvalue weighted by Gasteiger charge is -2.54. The quantitative estimate of drug-likeness (QED) is 0.892. The van der Waals surface area contributed by atoms with Crippen molar-refractivity contribution in [1.29, 1.82) is 0 Å². The van der Waals surface area contributed by atoms with E-state index in [1.165, 1.54) is 32.1 Å². The van der Waals surface area contributed by atoms with Crippen LogP contribution in [0.25, 0.3) is 0 Å². The predicted molar refractivity (Wildman–Crippen MR) is 82.3 cm³/mol. The van der Waals surface area contributed by atoms with E-state index >= 15 is 0 Å². The first kappa shape index (κ1) is 13.4. The molecule has 0 saturated heterocycles. The van der Waals surface area contributed by atoms with Gasteiger partial charge in [0.1, 0.15) is 0 Å². The van der Waals surface area contributed by atoms with Crippen LogP contribution in [-0.4, -0.2) is 18.3 Å². The van der Waals surface area contributed by atoms with Crippen LogP contribution in [-0.2, 0) is 6.54 Å². The van der Waals surface area contributed by atoms with Gasteiger partial charge in [-0.2, -0.15) is 0 Å². The maximum absolute atomic E-state index is 10.2. The Bertz CT molecular complexity index is 500. The molecule has 0 unspecified atom stereocenters. The number of hydrogen-bond acceptors (Lipinski definition) is 3. The minimum atomic E-state index is 0.288. The summed E-state index contributed by atoms with van der Waals surface area (Å²) in [5.74, 6) is 4.62.